The molecule has 2 fully saturated rings. The van der Waals surface area contributed by atoms with Gasteiger partial charge in [0, 0.05) is 56.5 Å². The van der Waals surface area contributed by atoms with E-state index in [2.05, 4.69) is 44.1 Å². The second-order valence-corrected chi connectivity index (χ2v) is 9.62. The number of aromatic nitrogens is 1. The van der Waals surface area contributed by atoms with Crippen LogP contribution in [0.5, 0.6) is 0 Å². The lowest BCUT2D eigenvalue weighted by atomic mass is 10.00. The summed E-state index contributed by atoms with van der Waals surface area (Å²) in [7, 11) is 1.60. The number of likely N-dealkylation sites (tertiary alicyclic amines) is 1. The van der Waals surface area contributed by atoms with Crippen LogP contribution < -0.4 is 10.2 Å². The van der Waals surface area contributed by atoms with E-state index in [0.717, 1.165) is 50.1 Å². The first-order valence-corrected chi connectivity index (χ1v) is 12.1. The van der Waals surface area contributed by atoms with Crippen LogP contribution in [-0.2, 0) is 6.54 Å². The first-order chi connectivity index (χ1) is 15.4. The number of halogens is 2. The number of nitrogens with one attached hydrogen (secondary N) is 1. The van der Waals surface area contributed by atoms with Crippen molar-refractivity contribution in [2.75, 3.05) is 44.7 Å². The van der Waals surface area contributed by atoms with Gasteiger partial charge in [-0.2, -0.15) is 0 Å². The van der Waals surface area contributed by atoms with E-state index in [0.29, 0.717) is 22.7 Å². The van der Waals surface area contributed by atoms with Crippen LogP contribution in [0.15, 0.2) is 36.5 Å². The fourth-order valence-corrected chi connectivity index (χ4v) is 5.23. The molecule has 2 saturated heterocycles. The Hall–Kier alpha value is -1.86. The van der Waals surface area contributed by atoms with Gasteiger partial charge in [0.2, 0.25) is 0 Å². The highest BCUT2D eigenvalue weighted by Gasteiger charge is 2.32. The number of nitrogens with zero attached hydrogens (tertiary/aromatic N) is 4. The largest absolute Gasteiger partial charge is 0.355 e. The maximum Gasteiger partial charge on any atom is 0.252 e. The summed E-state index contributed by atoms with van der Waals surface area (Å²) in [6.07, 6.45) is 4.00. The molecule has 1 aromatic carbocycles. The monoisotopic (exact) mass is 475 g/mol. The SMILES string of the molecule is CNC(=O)c1cnc(N2CCN(C3CCN(Cc4ccc(Cl)cc4)CC3)CC2C)c(Cl)c1. The van der Waals surface area contributed by atoms with Crippen molar-refractivity contribution in [3.05, 3.63) is 57.7 Å². The molecule has 32 heavy (non-hydrogen) atoms. The number of benzene rings is 1. The summed E-state index contributed by atoms with van der Waals surface area (Å²) < 4.78 is 0. The lowest BCUT2D eigenvalue weighted by molar-refractivity contribution is 0.0904. The molecular formula is C24H31Cl2N5O. The molecule has 1 N–H and O–H groups in total. The van der Waals surface area contributed by atoms with Crippen molar-refractivity contribution in [3.8, 4) is 0 Å². The van der Waals surface area contributed by atoms with Crippen LogP contribution in [-0.4, -0.2) is 72.5 Å². The zero-order chi connectivity index (χ0) is 22.7. The summed E-state index contributed by atoms with van der Waals surface area (Å²) >= 11 is 12.5. The van der Waals surface area contributed by atoms with Gasteiger partial charge in [0.05, 0.1) is 10.6 Å². The number of piperazine rings is 1. The Labute approximate surface area is 200 Å². The maximum atomic E-state index is 11.8. The molecule has 172 valence electrons. The van der Waals surface area contributed by atoms with Crippen LogP contribution in [0.4, 0.5) is 5.82 Å². The van der Waals surface area contributed by atoms with E-state index in [4.69, 9.17) is 23.2 Å². The minimum absolute atomic E-state index is 0.175. The summed E-state index contributed by atoms with van der Waals surface area (Å²) in [6.45, 7) is 8.35. The standard InChI is InChI=1S/C24H31Cl2N5O/c1-17-15-30(11-12-31(17)23-22(26)13-19(14-28-23)24(32)27-2)21-7-9-29(10-8-21)16-18-3-5-20(25)6-4-18/h3-6,13-14,17,21H,7-12,15-16H2,1-2H3,(H,27,32). The number of carbonyl (C=O) groups excluding carboxylic acids is 1. The predicted octanol–water partition coefficient (Wildman–Crippen LogP) is 3.92. The number of amides is 1. The third kappa shape index (κ3) is 5.37. The molecule has 1 amide bonds. The number of carbonyl (C=O) groups is 1. The molecular weight excluding hydrogens is 445 g/mol. The van der Waals surface area contributed by atoms with E-state index >= 15 is 0 Å². The summed E-state index contributed by atoms with van der Waals surface area (Å²) in [6, 6.07) is 10.8. The minimum atomic E-state index is -0.175. The van der Waals surface area contributed by atoms with Crippen LogP contribution in [0.25, 0.3) is 0 Å². The highest BCUT2D eigenvalue weighted by Crippen LogP contribution is 2.29. The molecule has 2 aliphatic rings. The molecule has 1 unspecified atom stereocenters. The molecule has 8 heteroatoms. The molecule has 0 bridgehead atoms. The van der Waals surface area contributed by atoms with E-state index in [1.807, 2.05) is 12.1 Å². The Morgan fingerprint density at radius 1 is 1.12 bits per heavy atom. The first kappa shape index (κ1) is 23.3. The minimum Gasteiger partial charge on any atom is -0.355 e. The third-order valence-electron chi connectivity index (χ3n) is 6.63. The van der Waals surface area contributed by atoms with Gasteiger partial charge in [0.25, 0.3) is 5.91 Å². The van der Waals surface area contributed by atoms with E-state index < -0.39 is 0 Å². The van der Waals surface area contributed by atoms with Gasteiger partial charge in [-0.25, -0.2) is 4.98 Å². The number of hydrogen-bond donors (Lipinski definition) is 1. The molecule has 6 nitrogen and oxygen atoms in total. The molecule has 0 radical (unpaired) electrons. The maximum absolute atomic E-state index is 11.8. The van der Waals surface area contributed by atoms with Crippen molar-refractivity contribution >= 4 is 34.9 Å². The zero-order valence-electron chi connectivity index (χ0n) is 18.7. The average molecular weight is 476 g/mol. The van der Waals surface area contributed by atoms with Crippen LogP contribution in [0.1, 0.15) is 35.7 Å². The molecule has 1 atom stereocenters. The second kappa shape index (κ2) is 10.4. The van der Waals surface area contributed by atoms with Crippen LogP contribution in [0.3, 0.4) is 0 Å². The van der Waals surface area contributed by atoms with Crippen LogP contribution in [0.2, 0.25) is 10.0 Å². The normalized spacial score (nSPS) is 21.0. The fourth-order valence-electron chi connectivity index (χ4n) is 4.83. The molecule has 1 aromatic heterocycles. The highest BCUT2D eigenvalue weighted by molar-refractivity contribution is 6.33. The number of pyridine rings is 1. The van der Waals surface area contributed by atoms with E-state index in [1.54, 1.807) is 19.3 Å². The van der Waals surface area contributed by atoms with Crippen molar-refractivity contribution in [2.45, 2.75) is 38.4 Å². The van der Waals surface area contributed by atoms with Gasteiger partial charge < -0.3 is 10.2 Å². The first-order valence-electron chi connectivity index (χ1n) is 11.3. The number of hydrogen-bond acceptors (Lipinski definition) is 5. The number of rotatable bonds is 5. The van der Waals surface area contributed by atoms with Crippen LogP contribution >= 0.6 is 23.2 Å². The second-order valence-electron chi connectivity index (χ2n) is 8.78. The van der Waals surface area contributed by atoms with Gasteiger partial charge in [0.1, 0.15) is 5.82 Å². The fraction of sp³-hybridized carbons (Fsp3) is 0.500. The van der Waals surface area contributed by atoms with E-state index in [-0.39, 0.29) is 5.91 Å². The Balaban J connectivity index is 1.30. The molecule has 2 aromatic rings. The highest BCUT2D eigenvalue weighted by atomic mass is 35.5. The van der Waals surface area contributed by atoms with Crippen molar-refractivity contribution in [2.24, 2.45) is 0 Å². The number of piperidine rings is 1. The smallest absolute Gasteiger partial charge is 0.252 e. The lowest BCUT2D eigenvalue weighted by Gasteiger charge is -2.46. The predicted molar refractivity (Wildman–Crippen MR) is 131 cm³/mol. The summed E-state index contributed by atoms with van der Waals surface area (Å²) in [5.74, 6) is 0.593. The van der Waals surface area contributed by atoms with Crippen molar-refractivity contribution in [1.82, 2.24) is 20.1 Å². The van der Waals surface area contributed by atoms with E-state index in [1.165, 1.54) is 18.4 Å². The van der Waals surface area contributed by atoms with Gasteiger partial charge in [-0.05, 0) is 56.6 Å². The Bertz CT molecular complexity index is 930. The Morgan fingerprint density at radius 2 is 1.84 bits per heavy atom. The average Bonchev–Trinajstić information content (AvgIpc) is 2.81. The Morgan fingerprint density at radius 3 is 2.47 bits per heavy atom. The molecule has 2 aliphatic heterocycles. The van der Waals surface area contributed by atoms with Crippen molar-refractivity contribution < 1.29 is 4.79 Å². The molecule has 4 rings (SSSR count). The van der Waals surface area contributed by atoms with Gasteiger partial charge in [-0.15, -0.1) is 0 Å². The lowest BCUT2D eigenvalue weighted by Crippen LogP contribution is -2.57. The van der Waals surface area contributed by atoms with Gasteiger partial charge in [-0.1, -0.05) is 35.3 Å². The summed E-state index contributed by atoms with van der Waals surface area (Å²) in [5, 5.41) is 3.93. The van der Waals surface area contributed by atoms with Gasteiger partial charge in [-0.3, -0.25) is 14.6 Å². The van der Waals surface area contributed by atoms with Crippen molar-refractivity contribution in [1.29, 1.82) is 0 Å². The summed E-state index contributed by atoms with van der Waals surface area (Å²) in [4.78, 5) is 23.8. The van der Waals surface area contributed by atoms with Crippen molar-refractivity contribution in [3.63, 3.8) is 0 Å². The quantitative estimate of drug-likeness (QED) is 0.709. The molecule has 0 aliphatic carbocycles. The topological polar surface area (TPSA) is 51.7 Å². The van der Waals surface area contributed by atoms with E-state index in [9.17, 15) is 4.79 Å². The number of anilines is 1. The zero-order valence-corrected chi connectivity index (χ0v) is 20.2. The van der Waals surface area contributed by atoms with Gasteiger partial charge >= 0.3 is 0 Å². The Kier molecular flexibility index (Phi) is 7.56. The van der Waals surface area contributed by atoms with Gasteiger partial charge in [0.15, 0.2) is 0 Å². The molecule has 0 spiro atoms. The molecule has 0 saturated carbocycles. The van der Waals surface area contributed by atoms with Crippen LogP contribution in [0, 0.1) is 0 Å². The molecule has 3 heterocycles. The third-order valence-corrected chi connectivity index (χ3v) is 7.17. The summed E-state index contributed by atoms with van der Waals surface area (Å²) in [5.41, 5.74) is 1.81.